The van der Waals surface area contributed by atoms with Crippen LogP contribution >= 0.6 is 0 Å². The average Bonchev–Trinajstić information content (AvgIpc) is 3.32. The van der Waals surface area contributed by atoms with Crippen LogP contribution in [0.15, 0.2) is 45.6 Å². The number of nitrogens with zero attached hydrogens (tertiary/aromatic N) is 2. The number of aryl methyl sites for hydroxylation is 1. The Balaban J connectivity index is 1.54. The third kappa shape index (κ3) is 2.86. The zero-order chi connectivity index (χ0) is 20.1. The SMILES string of the molecule is Cc1cccc2c(=O)oc(-c3ccc4c(c3)C(=O)N(C[C@H]3CCCO3)C4=O)nc12. The smallest absolute Gasteiger partial charge is 0.347 e. The molecule has 1 atom stereocenters. The molecule has 0 radical (unpaired) electrons. The van der Waals surface area contributed by atoms with Crippen molar-refractivity contribution in [1.29, 1.82) is 0 Å². The second-order valence-electron chi connectivity index (χ2n) is 7.39. The van der Waals surface area contributed by atoms with Gasteiger partial charge in [-0.2, -0.15) is 0 Å². The van der Waals surface area contributed by atoms with Crippen LogP contribution in [0.25, 0.3) is 22.4 Å². The third-order valence-corrected chi connectivity index (χ3v) is 5.49. The summed E-state index contributed by atoms with van der Waals surface area (Å²) in [5.41, 5.74) is 2.03. The topological polar surface area (TPSA) is 89.7 Å². The summed E-state index contributed by atoms with van der Waals surface area (Å²) in [7, 11) is 0. The molecular weight excluding hydrogens is 372 g/mol. The third-order valence-electron chi connectivity index (χ3n) is 5.49. The van der Waals surface area contributed by atoms with E-state index < -0.39 is 5.63 Å². The van der Waals surface area contributed by atoms with Crippen LogP contribution in [-0.2, 0) is 4.74 Å². The first kappa shape index (κ1) is 17.8. The fourth-order valence-electron chi connectivity index (χ4n) is 3.94. The van der Waals surface area contributed by atoms with Gasteiger partial charge < -0.3 is 9.15 Å². The van der Waals surface area contributed by atoms with E-state index in [-0.39, 0.29) is 30.4 Å². The first-order valence-electron chi connectivity index (χ1n) is 9.55. The van der Waals surface area contributed by atoms with Crippen molar-refractivity contribution in [3.8, 4) is 11.5 Å². The lowest BCUT2D eigenvalue weighted by atomic mass is 10.1. The Morgan fingerprint density at radius 3 is 2.72 bits per heavy atom. The van der Waals surface area contributed by atoms with Gasteiger partial charge in [0.05, 0.1) is 34.7 Å². The maximum Gasteiger partial charge on any atom is 0.347 e. The minimum Gasteiger partial charge on any atom is -0.403 e. The van der Waals surface area contributed by atoms with Crippen LogP contribution in [-0.4, -0.2) is 41.0 Å². The molecule has 5 rings (SSSR count). The summed E-state index contributed by atoms with van der Waals surface area (Å²) in [6, 6.07) is 10.1. The maximum absolute atomic E-state index is 12.8. The number of carbonyl (C=O) groups is 2. The van der Waals surface area contributed by atoms with Gasteiger partial charge in [0.25, 0.3) is 11.8 Å². The van der Waals surface area contributed by atoms with Crippen LogP contribution in [0.3, 0.4) is 0 Å². The first-order valence-corrected chi connectivity index (χ1v) is 9.55. The highest BCUT2D eigenvalue weighted by atomic mass is 16.5. The zero-order valence-corrected chi connectivity index (χ0v) is 15.8. The average molecular weight is 390 g/mol. The summed E-state index contributed by atoms with van der Waals surface area (Å²) >= 11 is 0. The van der Waals surface area contributed by atoms with E-state index in [9.17, 15) is 14.4 Å². The molecule has 0 saturated carbocycles. The van der Waals surface area contributed by atoms with Crippen LogP contribution in [0.1, 0.15) is 39.1 Å². The van der Waals surface area contributed by atoms with E-state index in [1.165, 1.54) is 4.90 Å². The van der Waals surface area contributed by atoms with E-state index >= 15 is 0 Å². The molecule has 7 nitrogen and oxygen atoms in total. The Morgan fingerprint density at radius 2 is 1.93 bits per heavy atom. The second kappa shape index (κ2) is 6.63. The molecule has 0 N–H and O–H groups in total. The molecule has 0 unspecified atom stereocenters. The summed E-state index contributed by atoms with van der Waals surface area (Å²) in [6.07, 6.45) is 1.66. The number of hydrogen-bond donors (Lipinski definition) is 0. The molecule has 3 heterocycles. The summed E-state index contributed by atoms with van der Waals surface area (Å²) in [5.74, 6) is -0.560. The van der Waals surface area contributed by atoms with Crippen molar-refractivity contribution in [1.82, 2.24) is 9.88 Å². The van der Waals surface area contributed by atoms with Crippen LogP contribution in [0.2, 0.25) is 0 Å². The van der Waals surface area contributed by atoms with E-state index in [2.05, 4.69) is 4.98 Å². The summed E-state index contributed by atoms with van der Waals surface area (Å²) in [5, 5.41) is 0.406. The Hall–Kier alpha value is -3.32. The minimum absolute atomic E-state index is 0.111. The highest BCUT2D eigenvalue weighted by molar-refractivity contribution is 6.21. The molecule has 7 heteroatoms. The molecule has 2 amide bonds. The number of imide groups is 1. The fourth-order valence-corrected chi connectivity index (χ4v) is 3.94. The van der Waals surface area contributed by atoms with E-state index in [4.69, 9.17) is 9.15 Å². The van der Waals surface area contributed by atoms with Gasteiger partial charge in [-0.05, 0) is 49.6 Å². The quantitative estimate of drug-likeness (QED) is 0.639. The number of hydrogen-bond acceptors (Lipinski definition) is 6. The predicted octanol–water partition coefficient (Wildman–Crippen LogP) is 2.94. The summed E-state index contributed by atoms with van der Waals surface area (Å²) in [4.78, 5) is 43.6. The highest BCUT2D eigenvalue weighted by Crippen LogP contribution is 2.29. The molecule has 2 aliphatic rings. The number of aromatic nitrogens is 1. The van der Waals surface area contributed by atoms with Gasteiger partial charge in [-0.1, -0.05) is 12.1 Å². The van der Waals surface area contributed by atoms with Crippen LogP contribution in [0.4, 0.5) is 0 Å². The monoisotopic (exact) mass is 390 g/mol. The fraction of sp³-hybridized carbons (Fsp3) is 0.273. The van der Waals surface area contributed by atoms with Gasteiger partial charge in [-0.15, -0.1) is 0 Å². The lowest BCUT2D eigenvalue weighted by Crippen LogP contribution is -2.36. The molecule has 0 aliphatic carbocycles. The Morgan fingerprint density at radius 1 is 1.10 bits per heavy atom. The molecule has 146 valence electrons. The molecule has 1 aromatic heterocycles. The van der Waals surface area contributed by atoms with Gasteiger partial charge in [-0.3, -0.25) is 14.5 Å². The predicted molar refractivity (Wildman–Crippen MR) is 105 cm³/mol. The summed E-state index contributed by atoms with van der Waals surface area (Å²) in [6.45, 7) is 2.78. The molecule has 29 heavy (non-hydrogen) atoms. The van der Waals surface area contributed by atoms with Gasteiger partial charge >= 0.3 is 5.63 Å². The van der Waals surface area contributed by atoms with Gasteiger partial charge in [0.15, 0.2) is 0 Å². The van der Waals surface area contributed by atoms with Crippen molar-refractivity contribution in [3.63, 3.8) is 0 Å². The molecule has 2 aliphatic heterocycles. The summed E-state index contributed by atoms with van der Waals surface area (Å²) < 4.78 is 11.0. The molecule has 1 saturated heterocycles. The van der Waals surface area contributed by atoms with E-state index in [0.29, 0.717) is 34.2 Å². The normalized spacial score (nSPS) is 18.7. The number of benzene rings is 2. The van der Waals surface area contributed by atoms with Crippen molar-refractivity contribution < 1.29 is 18.7 Å². The number of ether oxygens (including phenoxy) is 1. The van der Waals surface area contributed by atoms with E-state index in [1.54, 1.807) is 30.3 Å². The lowest BCUT2D eigenvalue weighted by Gasteiger charge is -2.17. The van der Waals surface area contributed by atoms with Gasteiger partial charge in [-0.25, -0.2) is 9.78 Å². The number of amides is 2. The van der Waals surface area contributed by atoms with Crippen molar-refractivity contribution in [2.45, 2.75) is 25.9 Å². The first-order chi connectivity index (χ1) is 14.0. The Kier molecular flexibility index (Phi) is 4.06. The molecule has 3 aromatic rings. The lowest BCUT2D eigenvalue weighted by molar-refractivity contribution is 0.0475. The van der Waals surface area contributed by atoms with Crippen molar-refractivity contribution >= 4 is 22.7 Å². The van der Waals surface area contributed by atoms with Crippen molar-refractivity contribution in [2.24, 2.45) is 0 Å². The Labute approximate surface area is 165 Å². The van der Waals surface area contributed by atoms with Crippen LogP contribution < -0.4 is 5.63 Å². The minimum atomic E-state index is -0.489. The van der Waals surface area contributed by atoms with E-state index in [1.807, 2.05) is 13.0 Å². The van der Waals surface area contributed by atoms with Gasteiger partial charge in [0.1, 0.15) is 0 Å². The number of carbonyl (C=O) groups excluding carboxylic acids is 2. The maximum atomic E-state index is 12.8. The number of para-hydroxylation sites is 1. The molecule has 1 fully saturated rings. The molecular formula is C22H18N2O5. The highest BCUT2D eigenvalue weighted by Gasteiger charge is 2.37. The van der Waals surface area contributed by atoms with Crippen LogP contribution in [0.5, 0.6) is 0 Å². The van der Waals surface area contributed by atoms with Crippen molar-refractivity contribution in [2.75, 3.05) is 13.2 Å². The second-order valence-corrected chi connectivity index (χ2v) is 7.39. The van der Waals surface area contributed by atoms with Crippen LogP contribution in [0, 0.1) is 6.92 Å². The van der Waals surface area contributed by atoms with Crippen molar-refractivity contribution in [3.05, 3.63) is 63.5 Å². The molecule has 0 spiro atoms. The number of fused-ring (bicyclic) bond motifs is 2. The van der Waals surface area contributed by atoms with E-state index in [0.717, 1.165) is 18.4 Å². The molecule has 0 bridgehead atoms. The standard InChI is InChI=1S/C22H18N2O5/c1-12-4-2-6-16-18(12)23-19(29-22(16)27)13-7-8-15-17(10-13)21(26)24(20(15)25)11-14-5-3-9-28-14/h2,4,6-8,10,14H,3,5,9,11H2,1H3/t14-/m1/s1. The number of rotatable bonds is 3. The molecule has 2 aromatic carbocycles. The van der Waals surface area contributed by atoms with Gasteiger partial charge in [0.2, 0.25) is 5.89 Å². The zero-order valence-electron chi connectivity index (χ0n) is 15.8. The van der Waals surface area contributed by atoms with Gasteiger partial charge in [0, 0.05) is 12.2 Å². The largest absolute Gasteiger partial charge is 0.403 e. The Bertz CT molecular complexity index is 1220.